The first kappa shape index (κ1) is 44.0. The molecule has 6 atom stereocenters. The van der Waals surface area contributed by atoms with Crippen molar-refractivity contribution in [2.24, 2.45) is 9.98 Å². The number of carbonyl (C=O) groups excluding carboxylic acids is 2. The summed E-state index contributed by atoms with van der Waals surface area (Å²) >= 11 is 0. The van der Waals surface area contributed by atoms with Gasteiger partial charge < -0.3 is 47.4 Å². The van der Waals surface area contributed by atoms with Crippen molar-refractivity contribution in [2.45, 2.75) is 88.5 Å². The number of methoxy groups -OCH3 is 6. The molecule has 8 rings (SSSR count). The maximum atomic E-state index is 13.6. The Morgan fingerprint density at radius 3 is 1.28 bits per heavy atom. The molecule has 0 saturated heterocycles. The predicted molar refractivity (Wildman–Crippen MR) is 235 cm³/mol. The number of aromatic nitrogens is 2. The Bertz CT molecular complexity index is 2300. The van der Waals surface area contributed by atoms with Crippen LogP contribution in [-0.2, 0) is 19.1 Å². The summed E-state index contributed by atoms with van der Waals surface area (Å²) in [5.41, 5.74) is 6.59. The summed E-state index contributed by atoms with van der Waals surface area (Å²) in [6, 6.07) is 11.3. The van der Waals surface area contributed by atoms with Gasteiger partial charge >= 0.3 is 11.9 Å². The van der Waals surface area contributed by atoms with Gasteiger partial charge in [-0.3, -0.25) is 9.98 Å². The lowest BCUT2D eigenvalue weighted by molar-refractivity contribution is -0.176. The molecule has 4 aromatic rings. The predicted octanol–water partition coefficient (Wildman–Crippen LogP) is 6.82. The van der Waals surface area contributed by atoms with Crippen molar-refractivity contribution < 1.29 is 57.0 Å². The van der Waals surface area contributed by atoms with E-state index in [1.165, 1.54) is 14.2 Å². The van der Waals surface area contributed by atoms with Crippen LogP contribution in [-0.4, -0.2) is 113 Å². The molecular weight excluding hydrogens is 825 g/mol. The van der Waals surface area contributed by atoms with Crippen LogP contribution in [0.4, 0.5) is 0 Å². The molecule has 0 amide bonds. The molecule has 2 aliphatic carbocycles. The largest absolute Gasteiger partial charge is 0.493 e. The second kappa shape index (κ2) is 19.0. The number of hydrogen-bond acceptors (Lipinski definition) is 16. The minimum atomic E-state index is -1.01. The topological polar surface area (TPSA) is 177 Å². The van der Waals surface area contributed by atoms with Crippen molar-refractivity contribution in [1.82, 2.24) is 9.97 Å². The molecule has 0 unspecified atom stereocenters. The van der Waals surface area contributed by atoms with Crippen molar-refractivity contribution in [3.05, 3.63) is 82.2 Å². The van der Waals surface area contributed by atoms with E-state index in [0.717, 1.165) is 44.8 Å². The highest BCUT2D eigenvalue weighted by atomic mass is 16.6. The average Bonchev–Trinajstić information content (AvgIpc) is 3.32. The van der Waals surface area contributed by atoms with Crippen LogP contribution in [0.3, 0.4) is 0 Å². The number of ether oxygens (including phenoxy) is 10. The number of esters is 2. The van der Waals surface area contributed by atoms with Crippen molar-refractivity contribution >= 4 is 23.4 Å². The third kappa shape index (κ3) is 8.44. The van der Waals surface area contributed by atoms with Crippen LogP contribution in [0.5, 0.6) is 46.3 Å². The molecule has 16 nitrogen and oxygen atoms in total. The number of pyridine rings is 2. The number of benzene rings is 2. The van der Waals surface area contributed by atoms with Crippen molar-refractivity contribution in [1.29, 1.82) is 0 Å². The van der Waals surface area contributed by atoms with E-state index in [4.69, 9.17) is 57.4 Å². The smallest absolute Gasteiger partial charge is 0.417 e. The van der Waals surface area contributed by atoms with Crippen molar-refractivity contribution in [2.75, 3.05) is 55.9 Å². The molecule has 4 heterocycles. The highest BCUT2D eigenvalue weighted by Crippen LogP contribution is 2.48. The van der Waals surface area contributed by atoms with E-state index in [1.807, 2.05) is 50.2 Å². The Morgan fingerprint density at radius 1 is 0.516 bits per heavy atom. The van der Waals surface area contributed by atoms with Gasteiger partial charge in [-0.1, -0.05) is 0 Å². The number of carbonyl (C=O) groups is 2. The Labute approximate surface area is 372 Å². The highest BCUT2D eigenvalue weighted by molar-refractivity contribution is 6.29. The molecule has 0 bridgehead atoms. The number of aliphatic imine (C=N–C) groups is 2. The van der Waals surface area contributed by atoms with Gasteiger partial charge in [-0.2, -0.15) is 0 Å². The summed E-state index contributed by atoms with van der Waals surface area (Å²) in [6.07, 6.45) is 5.47. The van der Waals surface area contributed by atoms with Gasteiger partial charge in [-0.25, -0.2) is 19.6 Å². The lowest BCUT2D eigenvalue weighted by Gasteiger charge is -2.39. The van der Waals surface area contributed by atoms with E-state index >= 15 is 0 Å². The van der Waals surface area contributed by atoms with Crippen LogP contribution >= 0.6 is 0 Å². The van der Waals surface area contributed by atoms with Gasteiger partial charge in [0.05, 0.1) is 79.4 Å². The maximum Gasteiger partial charge on any atom is 0.417 e. The normalized spacial score (nSPS) is 21.8. The van der Waals surface area contributed by atoms with Crippen molar-refractivity contribution in [3.8, 4) is 46.3 Å². The zero-order chi connectivity index (χ0) is 45.1. The van der Waals surface area contributed by atoms with Gasteiger partial charge in [0.25, 0.3) is 11.8 Å². The average molecular weight is 879 g/mol. The summed E-state index contributed by atoms with van der Waals surface area (Å²) in [4.78, 5) is 46.6. The fraction of sp³-hybridized carbons (Fsp3) is 0.458. The summed E-state index contributed by atoms with van der Waals surface area (Å²) < 4.78 is 57.3. The van der Waals surface area contributed by atoms with Gasteiger partial charge in [0.2, 0.25) is 0 Å². The molecule has 0 radical (unpaired) electrons. The number of fused-ring (bicyclic) bond motifs is 6. The molecule has 338 valence electrons. The molecule has 16 heteroatoms. The number of nitrogens with zero attached hydrogens (tertiary/aromatic N) is 4. The van der Waals surface area contributed by atoms with Crippen LogP contribution in [0.2, 0.25) is 0 Å². The third-order valence-corrected chi connectivity index (χ3v) is 12.4. The first-order chi connectivity index (χ1) is 31.1. The minimum absolute atomic E-state index is 0.136. The van der Waals surface area contributed by atoms with Crippen LogP contribution in [0.15, 0.2) is 58.8 Å². The van der Waals surface area contributed by atoms with E-state index in [2.05, 4.69) is 9.97 Å². The van der Waals surface area contributed by atoms with E-state index in [-0.39, 0.29) is 23.9 Å². The zero-order valence-electron chi connectivity index (χ0n) is 37.4. The molecule has 2 aromatic carbocycles. The van der Waals surface area contributed by atoms with Crippen LogP contribution < -0.4 is 37.9 Å². The Kier molecular flexibility index (Phi) is 13.1. The van der Waals surface area contributed by atoms with E-state index in [9.17, 15) is 9.59 Å². The van der Waals surface area contributed by atoms with E-state index in [1.54, 1.807) is 40.8 Å². The third-order valence-electron chi connectivity index (χ3n) is 12.4. The fourth-order valence-electron chi connectivity index (χ4n) is 9.51. The Morgan fingerprint density at radius 2 is 0.922 bits per heavy atom. The molecule has 2 aliphatic heterocycles. The molecular formula is C48H54N4O12. The van der Waals surface area contributed by atoms with Gasteiger partial charge in [-0.05, 0) is 99.9 Å². The fourth-order valence-corrected chi connectivity index (χ4v) is 9.51. The van der Waals surface area contributed by atoms with Crippen LogP contribution in [0.25, 0.3) is 0 Å². The van der Waals surface area contributed by atoms with Crippen molar-refractivity contribution in [3.63, 3.8) is 0 Å². The number of hydrogen-bond donors (Lipinski definition) is 0. The molecule has 0 N–H and O–H groups in total. The maximum absolute atomic E-state index is 13.6. The van der Waals surface area contributed by atoms with E-state index in [0.29, 0.717) is 98.0 Å². The lowest BCUT2D eigenvalue weighted by Crippen LogP contribution is -2.39. The van der Waals surface area contributed by atoms with Gasteiger partial charge in [0.15, 0.2) is 34.5 Å². The minimum Gasteiger partial charge on any atom is -0.493 e. The first-order valence-electron chi connectivity index (χ1n) is 21.6. The zero-order valence-corrected chi connectivity index (χ0v) is 37.4. The Hall–Kier alpha value is -6.58. The SMILES string of the molecule is CCOc1cc2c(cc1OC)C(c1cnc(OC)c(OC)c1)=N[C@@H]1CC[C@@H](OC(=O)C(=O)O[C@@H]3CC[C@H]4N=C(c5cnc(OC)c(OC)c5)c5cc(OC)c(OCC)cc5[C@H]4C3)C[C@H]21. The molecule has 0 spiro atoms. The number of rotatable bonds is 14. The molecule has 2 saturated carbocycles. The monoisotopic (exact) mass is 878 g/mol. The molecule has 2 aromatic heterocycles. The van der Waals surface area contributed by atoms with E-state index < -0.39 is 24.1 Å². The second-order valence-electron chi connectivity index (χ2n) is 15.9. The quantitative estimate of drug-likeness (QED) is 0.0952. The summed E-state index contributed by atoms with van der Waals surface area (Å²) in [6.45, 7) is 4.71. The Balaban J connectivity index is 0.997. The highest BCUT2D eigenvalue weighted by Gasteiger charge is 2.42. The summed E-state index contributed by atoms with van der Waals surface area (Å²) in [5, 5.41) is 0. The summed E-state index contributed by atoms with van der Waals surface area (Å²) in [7, 11) is 9.40. The van der Waals surface area contributed by atoms with Gasteiger partial charge in [-0.15, -0.1) is 0 Å². The van der Waals surface area contributed by atoms with Gasteiger partial charge in [0, 0.05) is 46.5 Å². The molecule has 64 heavy (non-hydrogen) atoms. The molecule has 2 fully saturated rings. The van der Waals surface area contributed by atoms with Gasteiger partial charge in [0.1, 0.15) is 12.2 Å². The van der Waals surface area contributed by atoms with Crippen LogP contribution in [0.1, 0.15) is 97.6 Å². The van der Waals surface area contributed by atoms with Crippen LogP contribution in [0, 0.1) is 0 Å². The molecule has 4 aliphatic rings. The first-order valence-corrected chi connectivity index (χ1v) is 21.6. The summed E-state index contributed by atoms with van der Waals surface area (Å²) in [5.74, 6) is 1.70. The standard InChI is InChI=1S/C48H54N4O12/c1-9-61-39-19-29-31-17-27(11-13-35(31)51-43(33(29)21-37(39)55-3)25-15-41(57-5)45(59-7)49-23-25)63-47(53)48(54)64-28-12-14-36-32(18-28)30-20-40(62-10-2)38(56-4)22-34(30)44(52-36)26-16-42(58-6)46(60-8)50-24-26/h15-16,19-24,27-28,31-32,35-36H,9-14,17-18H2,1-8H3/t27-,28-,31-,32-,35-,36-/m1/s1. The lowest BCUT2D eigenvalue weighted by atomic mass is 9.74. The second-order valence-corrected chi connectivity index (χ2v) is 15.9.